The number of hydrogen-bond donors (Lipinski definition) is 1. The molecule has 2 aromatic carbocycles. The third-order valence-electron chi connectivity index (χ3n) is 2.63. The van der Waals surface area contributed by atoms with Gasteiger partial charge in [0, 0.05) is 4.47 Å². The van der Waals surface area contributed by atoms with Crippen LogP contribution in [0.4, 0.5) is 10.1 Å². The van der Waals surface area contributed by atoms with Crippen LogP contribution in [0.2, 0.25) is 5.02 Å². The molecule has 114 valence electrons. The number of ether oxygens (including phenoxy) is 1. The molecule has 0 aliphatic carbocycles. The predicted molar refractivity (Wildman–Crippen MR) is 84.5 cm³/mol. The molecule has 4 nitrogen and oxygen atoms in total. The monoisotopic (exact) mass is 385 g/mol. The minimum absolute atomic E-state index is 0.225. The fraction of sp³-hybridized carbons (Fsp3) is 0.0667. The van der Waals surface area contributed by atoms with E-state index in [1.807, 2.05) is 0 Å². The molecule has 22 heavy (non-hydrogen) atoms. The summed E-state index contributed by atoms with van der Waals surface area (Å²) in [5.41, 5.74) is 0.161. The van der Waals surface area contributed by atoms with Crippen LogP contribution in [0.1, 0.15) is 10.4 Å². The average molecular weight is 387 g/mol. The molecule has 0 heterocycles. The first-order chi connectivity index (χ1) is 10.5. The lowest BCUT2D eigenvalue weighted by Crippen LogP contribution is -2.21. The molecule has 0 aliphatic rings. The fourth-order valence-corrected chi connectivity index (χ4v) is 2.33. The van der Waals surface area contributed by atoms with Crippen LogP contribution in [-0.2, 0) is 9.53 Å². The van der Waals surface area contributed by atoms with Crippen LogP contribution in [0, 0.1) is 5.82 Å². The normalized spacial score (nSPS) is 10.1. The Morgan fingerprint density at radius 3 is 2.64 bits per heavy atom. The Hall–Kier alpha value is -1.92. The van der Waals surface area contributed by atoms with Crippen molar-refractivity contribution in [2.24, 2.45) is 0 Å². The highest BCUT2D eigenvalue weighted by Gasteiger charge is 2.14. The number of halogens is 3. The largest absolute Gasteiger partial charge is 0.452 e. The van der Waals surface area contributed by atoms with Crippen molar-refractivity contribution >= 4 is 45.1 Å². The van der Waals surface area contributed by atoms with Crippen LogP contribution >= 0.6 is 27.5 Å². The van der Waals surface area contributed by atoms with E-state index in [4.69, 9.17) is 16.3 Å². The van der Waals surface area contributed by atoms with E-state index in [9.17, 15) is 14.0 Å². The second-order valence-corrected chi connectivity index (χ2v) is 5.55. The highest BCUT2D eigenvalue weighted by molar-refractivity contribution is 9.10. The van der Waals surface area contributed by atoms with E-state index in [1.54, 1.807) is 18.2 Å². The van der Waals surface area contributed by atoms with Gasteiger partial charge in [0.25, 0.3) is 5.91 Å². The lowest BCUT2D eigenvalue weighted by Gasteiger charge is -2.08. The summed E-state index contributed by atoms with van der Waals surface area (Å²) in [6.45, 7) is -0.542. The highest BCUT2D eigenvalue weighted by Crippen LogP contribution is 2.25. The zero-order valence-corrected chi connectivity index (χ0v) is 13.4. The standard InChI is InChI=1S/C15H10BrClFNO3/c16-9-5-6-13(11(17)7-9)19-14(20)8-22-15(21)10-3-1-2-4-12(10)18/h1-7H,8H2,(H,19,20). The van der Waals surface area contributed by atoms with E-state index in [0.717, 1.165) is 10.5 Å². The van der Waals surface area contributed by atoms with E-state index >= 15 is 0 Å². The summed E-state index contributed by atoms with van der Waals surface area (Å²) in [5.74, 6) is -2.19. The highest BCUT2D eigenvalue weighted by atomic mass is 79.9. The summed E-state index contributed by atoms with van der Waals surface area (Å²) in [4.78, 5) is 23.4. The van der Waals surface area contributed by atoms with Crippen molar-refractivity contribution < 1.29 is 18.7 Å². The quantitative estimate of drug-likeness (QED) is 0.807. The first-order valence-corrected chi connectivity index (χ1v) is 7.31. The zero-order valence-electron chi connectivity index (χ0n) is 11.1. The van der Waals surface area contributed by atoms with Crippen LogP contribution < -0.4 is 5.32 Å². The number of hydrogen-bond acceptors (Lipinski definition) is 3. The number of nitrogens with one attached hydrogen (secondary N) is 1. The van der Waals surface area contributed by atoms with E-state index in [-0.39, 0.29) is 5.56 Å². The molecule has 0 radical (unpaired) electrons. The van der Waals surface area contributed by atoms with E-state index < -0.39 is 24.3 Å². The minimum atomic E-state index is -0.907. The molecule has 2 rings (SSSR count). The maximum Gasteiger partial charge on any atom is 0.341 e. The first kappa shape index (κ1) is 16.5. The molecule has 0 aliphatic heterocycles. The molecule has 0 spiro atoms. The van der Waals surface area contributed by atoms with Gasteiger partial charge in [0.15, 0.2) is 6.61 Å². The lowest BCUT2D eigenvalue weighted by atomic mass is 10.2. The van der Waals surface area contributed by atoms with Crippen molar-refractivity contribution in [2.75, 3.05) is 11.9 Å². The molecule has 0 atom stereocenters. The van der Waals surface area contributed by atoms with Gasteiger partial charge in [-0.05, 0) is 30.3 Å². The molecule has 0 bridgehead atoms. The molecule has 0 unspecified atom stereocenters. The predicted octanol–water partition coefficient (Wildman–Crippen LogP) is 4.04. The maximum absolute atomic E-state index is 13.4. The van der Waals surface area contributed by atoms with E-state index in [2.05, 4.69) is 21.2 Å². The summed E-state index contributed by atoms with van der Waals surface area (Å²) < 4.78 is 18.9. The molecule has 7 heteroatoms. The van der Waals surface area contributed by atoms with Gasteiger partial charge in [-0.2, -0.15) is 0 Å². The molecular weight excluding hydrogens is 377 g/mol. The van der Waals surface area contributed by atoms with Crippen LogP contribution in [0.5, 0.6) is 0 Å². The molecular formula is C15H10BrClFNO3. The van der Waals surface area contributed by atoms with Crippen molar-refractivity contribution in [3.05, 3.63) is 63.3 Å². The summed E-state index contributed by atoms with van der Waals surface area (Å²) >= 11 is 9.19. The molecule has 0 fully saturated rings. The maximum atomic E-state index is 13.4. The summed E-state index contributed by atoms with van der Waals surface area (Å²) in [7, 11) is 0. The van der Waals surface area contributed by atoms with Crippen molar-refractivity contribution in [1.29, 1.82) is 0 Å². The van der Waals surface area contributed by atoms with Gasteiger partial charge in [0.05, 0.1) is 16.3 Å². The molecule has 2 aromatic rings. The Kier molecular flexibility index (Phi) is 5.51. The Morgan fingerprint density at radius 1 is 1.23 bits per heavy atom. The summed E-state index contributed by atoms with van der Waals surface area (Å²) in [6.07, 6.45) is 0. The van der Waals surface area contributed by atoms with Crippen LogP contribution in [0.3, 0.4) is 0 Å². The molecule has 0 saturated heterocycles. The van der Waals surface area contributed by atoms with Gasteiger partial charge in [0.2, 0.25) is 0 Å². The molecule has 0 saturated carbocycles. The van der Waals surface area contributed by atoms with Gasteiger partial charge in [-0.15, -0.1) is 0 Å². The number of carbonyl (C=O) groups is 2. The van der Waals surface area contributed by atoms with Crippen molar-refractivity contribution in [3.63, 3.8) is 0 Å². The van der Waals surface area contributed by atoms with Crippen molar-refractivity contribution in [2.45, 2.75) is 0 Å². The summed E-state index contributed by atoms with van der Waals surface area (Å²) in [5, 5.41) is 2.83. The molecule has 0 aromatic heterocycles. The number of rotatable bonds is 4. The average Bonchev–Trinajstić information content (AvgIpc) is 2.48. The number of amides is 1. The second kappa shape index (κ2) is 7.38. The van der Waals surface area contributed by atoms with Gasteiger partial charge >= 0.3 is 5.97 Å². The Labute approximate surface area is 139 Å². The summed E-state index contributed by atoms with van der Waals surface area (Å²) in [6, 6.07) is 10.3. The van der Waals surface area contributed by atoms with E-state index in [1.165, 1.54) is 18.2 Å². The Balaban J connectivity index is 1.93. The Morgan fingerprint density at radius 2 is 1.95 bits per heavy atom. The third-order valence-corrected chi connectivity index (χ3v) is 3.44. The van der Waals surface area contributed by atoms with Crippen LogP contribution in [0.15, 0.2) is 46.9 Å². The van der Waals surface area contributed by atoms with Crippen LogP contribution in [-0.4, -0.2) is 18.5 Å². The zero-order chi connectivity index (χ0) is 16.1. The minimum Gasteiger partial charge on any atom is -0.452 e. The van der Waals surface area contributed by atoms with Gasteiger partial charge in [0.1, 0.15) is 5.82 Å². The van der Waals surface area contributed by atoms with Gasteiger partial charge in [-0.25, -0.2) is 9.18 Å². The second-order valence-electron chi connectivity index (χ2n) is 4.23. The van der Waals surface area contributed by atoms with Crippen LogP contribution in [0.25, 0.3) is 0 Å². The molecule has 1 N–H and O–H groups in total. The van der Waals surface area contributed by atoms with Crippen molar-refractivity contribution in [3.8, 4) is 0 Å². The molecule has 1 amide bonds. The number of carbonyl (C=O) groups excluding carboxylic acids is 2. The third kappa shape index (κ3) is 4.29. The van der Waals surface area contributed by atoms with Gasteiger partial charge in [-0.3, -0.25) is 4.79 Å². The van der Waals surface area contributed by atoms with Gasteiger partial charge < -0.3 is 10.1 Å². The first-order valence-electron chi connectivity index (χ1n) is 6.14. The topological polar surface area (TPSA) is 55.4 Å². The van der Waals surface area contributed by atoms with E-state index in [0.29, 0.717) is 10.7 Å². The number of benzene rings is 2. The van der Waals surface area contributed by atoms with Gasteiger partial charge in [-0.1, -0.05) is 39.7 Å². The number of anilines is 1. The van der Waals surface area contributed by atoms with Crippen molar-refractivity contribution in [1.82, 2.24) is 0 Å². The Bertz CT molecular complexity index is 724. The lowest BCUT2D eigenvalue weighted by molar-refractivity contribution is -0.119. The number of esters is 1. The fourth-order valence-electron chi connectivity index (χ4n) is 1.61. The SMILES string of the molecule is O=C(COC(=O)c1ccccc1F)Nc1ccc(Br)cc1Cl. The smallest absolute Gasteiger partial charge is 0.341 e.